The average Bonchev–Trinajstić information content (AvgIpc) is 3.43. The van der Waals surface area contributed by atoms with Crippen molar-refractivity contribution in [2.24, 2.45) is 11.8 Å². The first kappa shape index (κ1) is 36.5. The number of rotatable bonds is 15. The standard InChI is InChI=1S/C32H52N6O6/c1-20(2)25(19-39)35-29(41)26-15-12-18-38(26)30(42)27(21(3)4)37-28(40)24(36-31(43)44-32(6,7)8)13-9-10-16-34-23-14-11-17-33-22(23)5/h11,14,17,19-21,24-27,34H,9-10,12-13,15-16,18H2,1-8H3,(H,35,41)(H,36,43)(H,37,40)/t24-,25+,26-,27-/m0/s1. The van der Waals surface area contributed by atoms with Gasteiger partial charge in [-0.3, -0.25) is 19.4 Å². The van der Waals surface area contributed by atoms with Crippen LogP contribution in [0.5, 0.6) is 0 Å². The minimum Gasteiger partial charge on any atom is -0.444 e. The molecule has 2 heterocycles. The van der Waals surface area contributed by atoms with Gasteiger partial charge < -0.3 is 35.7 Å². The summed E-state index contributed by atoms with van der Waals surface area (Å²) < 4.78 is 5.40. The Labute approximate surface area is 261 Å². The van der Waals surface area contributed by atoms with Crippen LogP contribution in [0.2, 0.25) is 0 Å². The van der Waals surface area contributed by atoms with E-state index in [1.807, 2.05) is 46.8 Å². The van der Waals surface area contributed by atoms with Gasteiger partial charge in [0.1, 0.15) is 30.0 Å². The number of ether oxygens (including phenoxy) is 1. The highest BCUT2D eigenvalue weighted by Gasteiger charge is 2.40. The van der Waals surface area contributed by atoms with E-state index in [0.29, 0.717) is 45.1 Å². The predicted molar refractivity (Wildman–Crippen MR) is 169 cm³/mol. The molecule has 4 atom stereocenters. The number of carbonyl (C=O) groups is 5. The molecule has 0 unspecified atom stereocenters. The van der Waals surface area contributed by atoms with Crippen LogP contribution in [-0.2, 0) is 23.9 Å². The molecule has 1 aliphatic heterocycles. The van der Waals surface area contributed by atoms with Crippen LogP contribution in [0.4, 0.5) is 10.5 Å². The van der Waals surface area contributed by atoms with Gasteiger partial charge in [-0.25, -0.2) is 4.79 Å². The summed E-state index contributed by atoms with van der Waals surface area (Å²) >= 11 is 0. The number of amides is 4. The van der Waals surface area contributed by atoms with Gasteiger partial charge in [-0.2, -0.15) is 0 Å². The fourth-order valence-corrected chi connectivity index (χ4v) is 4.95. The Hall–Kier alpha value is -3.70. The molecule has 1 aliphatic rings. The summed E-state index contributed by atoms with van der Waals surface area (Å²) in [5.41, 5.74) is 1.07. The summed E-state index contributed by atoms with van der Waals surface area (Å²) in [6, 6.07) is 0.581. The number of hydrogen-bond donors (Lipinski definition) is 4. The van der Waals surface area contributed by atoms with E-state index in [1.54, 1.807) is 27.0 Å². The lowest BCUT2D eigenvalue weighted by molar-refractivity contribution is -0.143. The number of unbranched alkanes of at least 4 members (excludes halogenated alkanes) is 1. The molecule has 2 rings (SSSR count). The molecule has 0 radical (unpaired) electrons. The van der Waals surface area contributed by atoms with Gasteiger partial charge in [0.15, 0.2) is 0 Å². The van der Waals surface area contributed by atoms with E-state index in [0.717, 1.165) is 17.8 Å². The number of nitrogens with one attached hydrogen (secondary N) is 4. The molecule has 12 nitrogen and oxygen atoms in total. The van der Waals surface area contributed by atoms with Gasteiger partial charge in [-0.05, 0) is 83.8 Å². The summed E-state index contributed by atoms with van der Waals surface area (Å²) in [6.07, 6.45) is 4.48. The zero-order valence-electron chi connectivity index (χ0n) is 27.6. The maximum absolute atomic E-state index is 13.8. The first-order chi connectivity index (χ1) is 20.6. The van der Waals surface area contributed by atoms with Crippen LogP contribution in [0.15, 0.2) is 18.3 Å². The Kier molecular flexibility index (Phi) is 14.1. The Morgan fingerprint density at radius 1 is 1.07 bits per heavy atom. The largest absolute Gasteiger partial charge is 0.444 e. The zero-order valence-corrected chi connectivity index (χ0v) is 27.6. The second-order valence-electron chi connectivity index (χ2n) is 13.1. The molecule has 1 aromatic rings. The first-order valence-corrected chi connectivity index (χ1v) is 15.7. The number of anilines is 1. The van der Waals surface area contributed by atoms with Gasteiger partial charge in [-0.15, -0.1) is 0 Å². The van der Waals surface area contributed by atoms with Crippen LogP contribution in [0, 0.1) is 18.8 Å². The number of nitrogens with zero attached hydrogens (tertiary/aromatic N) is 2. The average molecular weight is 617 g/mol. The summed E-state index contributed by atoms with van der Waals surface area (Å²) in [6.45, 7) is 15.5. The van der Waals surface area contributed by atoms with Gasteiger partial charge in [0.2, 0.25) is 17.7 Å². The molecule has 1 saturated heterocycles. The van der Waals surface area contributed by atoms with Crippen LogP contribution in [-0.4, -0.2) is 82.8 Å². The van der Waals surface area contributed by atoms with Gasteiger partial charge in [0, 0.05) is 19.3 Å². The number of alkyl carbamates (subject to hydrolysis) is 1. The molecular formula is C32H52N6O6. The molecule has 12 heteroatoms. The Balaban J connectivity index is 2.11. The lowest BCUT2D eigenvalue weighted by Crippen LogP contribution is -2.59. The maximum Gasteiger partial charge on any atom is 0.408 e. The lowest BCUT2D eigenvalue weighted by atomic mass is 10.0. The normalized spacial score (nSPS) is 17.0. The van der Waals surface area contributed by atoms with Crippen molar-refractivity contribution < 1.29 is 28.7 Å². The predicted octanol–water partition coefficient (Wildman–Crippen LogP) is 3.34. The molecule has 44 heavy (non-hydrogen) atoms. The number of likely N-dealkylation sites (tertiary alicyclic amines) is 1. The van der Waals surface area contributed by atoms with Crippen molar-refractivity contribution in [3.05, 3.63) is 24.0 Å². The number of carbonyl (C=O) groups excluding carboxylic acids is 5. The number of hydrogen-bond acceptors (Lipinski definition) is 8. The molecule has 4 N–H and O–H groups in total. The number of aryl methyl sites for hydroxylation is 1. The van der Waals surface area contributed by atoms with E-state index < -0.39 is 41.8 Å². The lowest BCUT2D eigenvalue weighted by Gasteiger charge is -2.32. The van der Waals surface area contributed by atoms with E-state index in [2.05, 4.69) is 26.3 Å². The third-order valence-electron chi connectivity index (χ3n) is 7.49. The molecule has 0 saturated carbocycles. The highest BCUT2D eigenvalue weighted by molar-refractivity contribution is 5.94. The van der Waals surface area contributed by atoms with Crippen molar-refractivity contribution in [1.82, 2.24) is 25.8 Å². The zero-order chi connectivity index (χ0) is 33.0. The van der Waals surface area contributed by atoms with Gasteiger partial charge in [-0.1, -0.05) is 27.7 Å². The second kappa shape index (κ2) is 17.0. The summed E-state index contributed by atoms with van der Waals surface area (Å²) in [5.74, 6) is -1.63. The van der Waals surface area contributed by atoms with Gasteiger partial charge in [0.25, 0.3) is 0 Å². The Morgan fingerprint density at radius 3 is 2.36 bits per heavy atom. The van der Waals surface area contributed by atoms with E-state index in [1.165, 1.54) is 4.90 Å². The van der Waals surface area contributed by atoms with E-state index >= 15 is 0 Å². The molecule has 0 spiro atoms. The molecule has 246 valence electrons. The van der Waals surface area contributed by atoms with E-state index in [9.17, 15) is 24.0 Å². The fraction of sp³-hybridized carbons (Fsp3) is 0.688. The molecule has 4 amide bonds. The number of aldehydes is 1. The maximum atomic E-state index is 13.8. The van der Waals surface area contributed by atoms with Crippen LogP contribution < -0.4 is 21.3 Å². The smallest absolute Gasteiger partial charge is 0.408 e. The summed E-state index contributed by atoms with van der Waals surface area (Å²) in [7, 11) is 0. The van der Waals surface area contributed by atoms with Crippen LogP contribution >= 0.6 is 0 Å². The molecule has 0 aliphatic carbocycles. The molecule has 1 aromatic heterocycles. The Bertz CT molecular complexity index is 1130. The molecule has 1 fully saturated rings. The SMILES string of the molecule is Cc1ncccc1NCCCC[C@H](NC(=O)OC(C)(C)C)C(=O)N[C@H](C(=O)N1CCC[C@H]1C(=O)N[C@H](C=O)C(C)C)C(C)C. The summed E-state index contributed by atoms with van der Waals surface area (Å²) in [4.78, 5) is 70.3. The number of pyridine rings is 1. The monoisotopic (exact) mass is 616 g/mol. The fourth-order valence-electron chi connectivity index (χ4n) is 4.95. The number of aromatic nitrogens is 1. The minimum atomic E-state index is -0.934. The Morgan fingerprint density at radius 2 is 1.77 bits per heavy atom. The van der Waals surface area contributed by atoms with Crippen molar-refractivity contribution in [2.75, 3.05) is 18.4 Å². The van der Waals surface area contributed by atoms with Crippen LogP contribution in [0.25, 0.3) is 0 Å². The van der Waals surface area contributed by atoms with Crippen molar-refractivity contribution in [3.8, 4) is 0 Å². The van der Waals surface area contributed by atoms with Gasteiger partial charge >= 0.3 is 6.09 Å². The van der Waals surface area contributed by atoms with Crippen LogP contribution in [0.3, 0.4) is 0 Å². The van der Waals surface area contributed by atoms with Crippen molar-refractivity contribution in [3.63, 3.8) is 0 Å². The first-order valence-electron chi connectivity index (χ1n) is 15.7. The quantitative estimate of drug-likeness (QED) is 0.173. The summed E-state index contributed by atoms with van der Waals surface area (Å²) in [5, 5.41) is 11.6. The third-order valence-corrected chi connectivity index (χ3v) is 7.49. The van der Waals surface area contributed by atoms with E-state index in [4.69, 9.17) is 4.74 Å². The molecule has 0 bridgehead atoms. The third kappa shape index (κ3) is 11.4. The molecular weight excluding hydrogens is 564 g/mol. The molecule has 0 aromatic carbocycles. The second-order valence-corrected chi connectivity index (χ2v) is 13.1. The van der Waals surface area contributed by atoms with Crippen molar-refractivity contribution >= 4 is 35.8 Å². The van der Waals surface area contributed by atoms with Crippen molar-refractivity contribution in [1.29, 1.82) is 0 Å². The topological polar surface area (TPSA) is 159 Å². The van der Waals surface area contributed by atoms with E-state index in [-0.39, 0.29) is 23.7 Å². The van der Waals surface area contributed by atoms with Gasteiger partial charge in [0.05, 0.1) is 17.4 Å². The van der Waals surface area contributed by atoms with Crippen LogP contribution in [0.1, 0.15) is 86.3 Å². The highest BCUT2D eigenvalue weighted by Crippen LogP contribution is 2.21. The highest BCUT2D eigenvalue weighted by atomic mass is 16.6. The van der Waals surface area contributed by atoms with Crippen molar-refractivity contribution in [2.45, 2.75) is 117 Å². The minimum absolute atomic E-state index is 0.0886.